The molecule has 2 N–H and O–H groups in total. The average Bonchev–Trinajstić information content (AvgIpc) is 2.41. The van der Waals surface area contributed by atoms with Gasteiger partial charge in [-0.15, -0.1) is 0 Å². The lowest BCUT2D eigenvalue weighted by molar-refractivity contribution is -0.157. The molecule has 1 fully saturated rings. The van der Waals surface area contributed by atoms with Crippen LogP contribution in [0, 0.1) is 23.7 Å². The Morgan fingerprint density at radius 2 is 1.10 bits per heavy atom. The van der Waals surface area contributed by atoms with Gasteiger partial charge in [0.05, 0.1) is 21.9 Å². The van der Waals surface area contributed by atoms with Crippen LogP contribution in [0.4, 0.5) is 0 Å². The summed E-state index contributed by atoms with van der Waals surface area (Å²) in [5, 5.41) is 19.1. The number of fused-ring (bicyclic) bond motifs is 1. The zero-order valence-corrected chi connectivity index (χ0v) is 13.0. The molecule has 0 bridgehead atoms. The first kappa shape index (κ1) is 16.0. The molecule has 0 aromatic heterocycles. The van der Waals surface area contributed by atoms with Crippen molar-refractivity contribution in [3.63, 3.8) is 0 Å². The van der Waals surface area contributed by atoms with E-state index in [4.69, 9.17) is 46.4 Å². The molecule has 4 nitrogen and oxygen atoms in total. The fourth-order valence-corrected chi connectivity index (χ4v) is 4.10. The summed E-state index contributed by atoms with van der Waals surface area (Å²) in [5.41, 5.74) is 0. The molecule has 1 saturated carbocycles. The molecule has 0 aromatic carbocycles. The van der Waals surface area contributed by atoms with Crippen LogP contribution in [0.25, 0.3) is 0 Å². The van der Waals surface area contributed by atoms with Crippen LogP contribution in [-0.4, -0.2) is 22.2 Å². The third kappa shape index (κ3) is 2.54. The molecular weight excluding hydrogens is 350 g/mol. The Morgan fingerprint density at radius 1 is 0.800 bits per heavy atom. The number of carboxylic acid groups (broad SMARTS) is 2. The highest BCUT2D eigenvalue weighted by atomic mass is 35.5. The van der Waals surface area contributed by atoms with E-state index >= 15 is 0 Å². The minimum atomic E-state index is -1.16. The van der Waals surface area contributed by atoms with E-state index in [0.717, 1.165) is 0 Å². The van der Waals surface area contributed by atoms with E-state index < -0.39 is 35.6 Å². The van der Waals surface area contributed by atoms with E-state index in [1.165, 1.54) is 0 Å². The zero-order chi connectivity index (χ0) is 15.2. The van der Waals surface area contributed by atoms with Gasteiger partial charge in [0, 0.05) is 21.9 Å². The van der Waals surface area contributed by atoms with E-state index in [-0.39, 0.29) is 33.0 Å². The third-order valence-corrected chi connectivity index (χ3v) is 5.90. The first-order valence-corrected chi connectivity index (χ1v) is 7.33. The first-order valence-electron chi connectivity index (χ1n) is 5.82. The minimum Gasteiger partial charge on any atom is -0.481 e. The summed E-state index contributed by atoms with van der Waals surface area (Å²) in [6.45, 7) is 0. The summed E-state index contributed by atoms with van der Waals surface area (Å²) in [6.07, 6.45) is 0.152. The van der Waals surface area contributed by atoms with Crippen molar-refractivity contribution in [1.29, 1.82) is 0 Å². The standard InChI is InChI=1S/C12H10Cl4O4/c13-7-3-1-5(11(17)18)6(12(19)20)2-4(3)8(14)10(16)9(7)15/h3-6H,1-2H2,(H,17,18)(H,19,20). The van der Waals surface area contributed by atoms with Gasteiger partial charge in [-0.1, -0.05) is 46.4 Å². The Hall–Kier alpha value is -0.420. The number of aliphatic carboxylic acids is 2. The zero-order valence-electron chi connectivity index (χ0n) is 9.95. The molecule has 0 heterocycles. The Bertz CT molecular complexity index is 492. The maximum absolute atomic E-state index is 11.3. The van der Waals surface area contributed by atoms with Crippen LogP contribution in [0.3, 0.4) is 0 Å². The Morgan fingerprint density at radius 3 is 1.35 bits per heavy atom. The van der Waals surface area contributed by atoms with Crippen molar-refractivity contribution >= 4 is 58.3 Å². The second-order valence-electron chi connectivity index (χ2n) is 4.90. The van der Waals surface area contributed by atoms with Crippen molar-refractivity contribution < 1.29 is 19.8 Å². The fraction of sp³-hybridized carbons (Fsp3) is 0.500. The van der Waals surface area contributed by atoms with Gasteiger partial charge in [-0.3, -0.25) is 9.59 Å². The molecule has 4 atom stereocenters. The second-order valence-corrected chi connectivity index (χ2v) is 6.47. The first-order chi connectivity index (χ1) is 9.25. The highest BCUT2D eigenvalue weighted by Gasteiger charge is 2.48. The third-order valence-electron chi connectivity index (χ3n) is 3.88. The van der Waals surface area contributed by atoms with Crippen LogP contribution in [0.15, 0.2) is 20.1 Å². The van der Waals surface area contributed by atoms with Gasteiger partial charge in [-0.05, 0) is 12.8 Å². The molecule has 110 valence electrons. The number of carboxylic acids is 2. The van der Waals surface area contributed by atoms with Crippen molar-refractivity contribution in [2.45, 2.75) is 12.8 Å². The molecule has 0 spiro atoms. The molecule has 2 rings (SSSR count). The lowest BCUT2D eigenvalue weighted by Crippen LogP contribution is -2.41. The molecule has 20 heavy (non-hydrogen) atoms. The molecular formula is C12H10Cl4O4. The predicted octanol–water partition coefficient (Wildman–Crippen LogP) is 3.81. The van der Waals surface area contributed by atoms with Crippen molar-refractivity contribution in [3.8, 4) is 0 Å². The summed E-state index contributed by atoms with van der Waals surface area (Å²) in [5.74, 6) is -5.17. The van der Waals surface area contributed by atoms with Crippen molar-refractivity contribution in [3.05, 3.63) is 20.1 Å². The molecule has 0 aromatic rings. The van der Waals surface area contributed by atoms with Gasteiger partial charge in [0.2, 0.25) is 0 Å². The smallest absolute Gasteiger partial charge is 0.307 e. The van der Waals surface area contributed by atoms with Gasteiger partial charge in [0.25, 0.3) is 0 Å². The van der Waals surface area contributed by atoms with E-state index in [1.54, 1.807) is 0 Å². The summed E-state index contributed by atoms with van der Waals surface area (Å²) < 4.78 is 0. The van der Waals surface area contributed by atoms with Crippen LogP contribution in [-0.2, 0) is 9.59 Å². The highest BCUT2D eigenvalue weighted by Crippen LogP contribution is 2.53. The lowest BCUT2D eigenvalue weighted by Gasteiger charge is -2.40. The molecule has 8 heteroatoms. The van der Waals surface area contributed by atoms with Crippen molar-refractivity contribution in [1.82, 2.24) is 0 Å². The van der Waals surface area contributed by atoms with E-state index in [1.807, 2.05) is 0 Å². The molecule has 0 aliphatic heterocycles. The maximum atomic E-state index is 11.3. The van der Waals surface area contributed by atoms with Crippen LogP contribution in [0.1, 0.15) is 12.8 Å². The van der Waals surface area contributed by atoms with E-state index in [2.05, 4.69) is 0 Å². The SMILES string of the molecule is O=C(O)C1CC2C(Cl)=C(Cl)C(Cl)=C(Cl)C2CC1C(=O)O. The average molecular weight is 360 g/mol. The quantitative estimate of drug-likeness (QED) is 0.786. The van der Waals surface area contributed by atoms with Crippen LogP contribution < -0.4 is 0 Å². The molecule has 0 radical (unpaired) electrons. The maximum Gasteiger partial charge on any atom is 0.307 e. The van der Waals surface area contributed by atoms with Gasteiger partial charge in [-0.25, -0.2) is 0 Å². The van der Waals surface area contributed by atoms with Gasteiger partial charge in [-0.2, -0.15) is 0 Å². The minimum absolute atomic E-state index is 0.0758. The van der Waals surface area contributed by atoms with E-state index in [0.29, 0.717) is 0 Å². The van der Waals surface area contributed by atoms with Crippen LogP contribution in [0.5, 0.6) is 0 Å². The molecule has 4 unspecified atom stereocenters. The Balaban J connectivity index is 2.42. The number of halogens is 4. The molecule has 0 saturated heterocycles. The highest BCUT2D eigenvalue weighted by molar-refractivity contribution is 6.51. The van der Waals surface area contributed by atoms with Crippen LogP contribution in [0.2, 0.25) is 0 Å². The van der Waals surface area contributed by atoms with Crippen molar-refractivity contribution in [2.75, 3.05) is 0 Å². The topological polar surface area (TPSA) is 74.6 Å². The summed E-state index contributed by atoms with van der Waals surface area (Å²) in [6, 6.07) is 0. The van der Waals surface area contributed by atoms with Crippen molar-refractivity contribution in [2.24, 2.45) is 23.7 Å². The fourth-order valence-electron chi connectivity index (χ4n) is 2.85. The van der Waals surface area contributed by atoms with Crippen LogP contribution >= 0.6 is 46.4 Å². The number of allylic oxidation sites excluding steroid dienone is 4. The summed E-state index contributed by atoms with van der Waals surface area (Å²) in [7, 11) is 0. The predicted molar refractivity (Wildman–Crippen MR) is 75.9 cm³/mol. The van der Waals surface area contributed by atoms with Gasteiger partial charge >= 0.3 is 11.9 Å². The number of carbonyl (C=O) groups is 2. The number of hydrogen-bond acceptors (Lipinski definition) is 2. The number of rotatable bonds is 2. The second kappa shape index (κ2) is 5.76. The summed E-state index contributed by atoms with van der Waals surface area (Å²) in [4.78, 5) is 22.5. The Labute approximate surface area is 134 Å². The lowest BCUT2D eigenvalue weighted by atomic mass is 9.66. The van der Waals surface area contributed by atoms with Gasteiger partial charge in [0.1, 0.15) is 0 Å². The largest absolute Gasteiger partial charge is 0.481 e. The molecule has 2 aliphatic carbocycles. The number of hydrogen-bond donors (Lipinski definition) is 2. The molecule has 2 aliphatic rings. The summed E-state index contributed by atoms with van der Waals surface area (Å²) >= 11 is 24.2. The molecule has 0 amide bonds. The normalized spacial score (nSPS) is 34.0. The van der Waals surface area contributed by atoms with Gasteiger partial charge in [0.15, 0.2) is 0 Å². The van der Waals surface area contributed by atoms with Gasteiger partial charge < -0.3 is 10.2 Å². The Kier molecular flexibility index (Phi) is 4.59. The monoisotopic (exact) mass is 358 g/mol. The van der Waals surface area contributed by atoms with E-state index in [9.17, 15) is 19.8 Å².